The predicted octanol–water partition coefficient (Wildman–Crippen LogP) is 0.986. The summed E-state index contributed by atoms with van der Waals surface area (Å²) in [6.07, 6.45) is 0.530. The van der Waals surface area contributed by atoms with Gasteiger partial charge < -0.3 is 10.1 Å². The number of carbonyl (C=O) groups excluding carboxylic acids is 1. The quantitative estimate of drug-likeness (QED) is 0.850. The molecule has 1 aromatic rings. The number of amides is 1. The van der Waals surface area contributed by atoms with Gasteiger partial charge in [-0.25, -0.2) is 8.42 Å². The fraction of sp³-hybridized carbons (Fsp3) is 0.462. The first-order valence-corrected chi connectivity index (χ1v) is 8.09. The van der Waals surface area contributed by atoms with Crippen molar-refractivity contribution in [1.82, 2.24) is 5.32 Å². The van der Waals surface area contributed by atoms with E-state index in [0.717, 1.165) is 6.26 Å². The Kier molecular flexibility index (Phi) is 5.38. The summed E-state index contributed by atoms with van der Waals surface area (Å²) in [5, 5.41) is 2.66. The smallest absolute Gasteiger partial charge is 0.260 e. The number of anilines is 1. The van der Waals surface area contributed by atoms with Gasteiger partial charge >= 0.3 is 0 Å². The molecule has 0 spiro atoms. The van der Waals surface area contributed by atoms with Crippen molar-refractivity contribution in [3.05, 3.63) is 24.3 Å². The molecule has 0 saturated carbocycles. The Morgan fingerprint density at radius 3 is 2.35 bits per heavy atom. The maximum atomic E-state index is 11.5. The first-order valence-electron chi connectivity index (χ1n) is 6.24. The van der Waals surface area contributed by atoms with E-state index in [0.29, 0.717) is 18.0 Å². The lowest BCUT2D eigenvalue weighted by molar-refractivity contribution is -0.127. The van der Waals surface area contributed by atoms with E-state index in [1.807, 2.05) is 6.92 Å². The Labute approximate surface area is 119 Å². The molecule has 0 radical (unpaired) electrons. The van der Waals surface area contributed by atoms with Crippen molar-refractivity contribution in [2.75, 3.05) is 24.2 Å². The zero-order chi connectivity index (χ0) is 15.3. The van der Waals surface area contributed by atoms with E-state index in [9.17, 15) is 13.2 Å². The van der Waals surface area contributed by atoms with Crippen LogP contribution in [0.1, 0.15) is 13.8 Å². The fourth-order valence-electron chi connectivity index (χ4n) is 1.50. The molecular weight excluding hydrogens is 280 g/mol. The highest BCUT2D eigenvalue weighted by Crippen LogP contribution is 2.20. The Hall–Kier alpha value is -1.76. The molecular formula is C13H20N2O4S. The summed E-state index contributed by atoms with van der Waals surface area (Å²) in [7, 11) is -1.81. The van der Waals surface area contributed by atoms with Crippen LogP contribution in [0, 0.1) is 0 Å². The molecule has 0 aromatic heterocycles. The highest BCUT2D eigenvalue weighted by Gasteiger charge is 2.15. The number of carbonyl (C=O) groups is 1. The average Bonchev–Trinajstić information content (AvgIpc) is 2.38. The van der Waals surface area contributed by atoms with Gasteiger partial charge in [-0.2, -0.15) is 0 Å². The van der Waals surface area contributed by atoms with Crippen molar-refractivity contribution >= 4 is 21.6 Å². The number of hydrogen-bond donors (Lipinski definition) is 1. The van der Waals surface area contributed by atoms with Crippen LogP contribution in [0.4, 0.5) is 5.69 Å². The van der Waals surface area contributed by atoms with Gasteiger partial charge in [-0.05, 0) is 38.1 Å². The second kappa shape index (κ2) is 6.60. The molecule has 0 aliphatic carbocycles. The molecule has 0 saturated heterocycles. The van der Waals surface area contributed by atoms with Crippen molar-refractivity contribution in [2.24, 2.45) is 0 Å². The molecule has 0 heterocycles. The average molecular weight is 300 g/mol. The summed E-state index contributed by atoms with van der Waals surface area (Å²) < 4.78 is 29.4. The molecule has 1 aromatic carbocycles. The van der Waals surface area contributed by atoms with Gasteiger partial charge in [0, 0.05) is 13.6 Å². The number of nitrogens with zero attached hydrogens (tertiary/aromatic N) is 1. The zero-order valence-corrected chi connectivity index (χ0v) is 12.9. The summed E-state index contributed by atoms with van der Waals surface area (Å²) >= 11 is 0. The van der Waals surface area contributed by atoms with Crippen LogP contribution in [-0.2, 0) is 14.8 Å². The van der Waals surface area contributed by atoms with E-state index < -0.39 is 16.1 Å². The first kappa shape index (κ1) is 16.3. The largest absolute Gasteiger partial charge is 0.481 e. The molecule has 0 bridgehead atoms. The molecule has 1 rings (SSSR count). The van der Waals surface area contributed by atoms with E-state index >= 15 is 0 Å². The molecule has 1 atom stereocenters. The molecule has 1 amide bonds. The third-order valence-corrected chi connectivity index (χ3v) is 3.94. The lowest BCUT2D eigenvalue weighted by Gasteiger charge is -2.18. The normalized spacial score (nSPS) is 12.6. The number of benzene rings is 1. The van der Waals surface area contributed by atoms with Crippen LogP contribution in [0.25, 0.3) is 0 Å². The number of sulfonamides is 1. The Morgan fingerprint density at radius 2 is 1.90 bits per heavy atom. The SMILES string of the molecule is CCNC(=O)C(C)Oc1ccc(N(C)S(C)(=O)=O)cc1. The summed E-state index contributed by atoms with van der Waals surface area (Å²) in [5.41, 5.74) is 0.533. The second-order valence-corrected chi connectivity index (χ2v) is 6.39. The van der Waals surface area contributed by atoms with E-state index in [4.69, 9.17) is 4.74 Å². The Morgan fingerprint density at radius 1 is 1.35 bits per heavy atom. The molecule has 6 nitrogen and oxygen atoms in total. The van der Waals surface area contributed by atoms with Crippen LogP contribution in [0.2, 0.25) is 0 Å². The highest BCUT2D eigenvalue weighted by atomic mass is 32.2. The molecule has 0 aliphatic heterocycles. The van der Waals surface area contributed by atoms with E-state index in [1.54, 1.807) is 31.2 Å². The number of likely N-dealkylation sites (N-methyl/N-ethyl adjacent to an activating group) is 1. The molecule has 112 valence electrons. The number of ether oxygens (including phenoxy) is 1. The molecule has 1 N–H and O–H groups in total. The highest BCUT2D eigenvalue weighted by molar-refractivity contribution is 7.92. The lowest BCUT2D eigenvalue weighted by atomic mass is 10.3. The minimum absolute atomic E-state index is 0.190. The van der Waals surface area contributed by atoms with Crippen molar-refractivity contribution in [2.45, 2.75) is 20.0 Å². The van der Waals surface area contributed by atoms with Gasteiger partial charge in [0.15, 0.2) is 6.10 Å². The second-order valence-electron chi connectivity index (χ2n) is 4.38. The van der Waals surface area contributed by atoms with Crippen LogP contribution in [0.5, 0.6) is 5.75 Å². The van der Waals surface area contributed by atoms with E-state index in [1.165, 1.54) is 11.4 Å². The van der Waals surface area contributed by atoms with Gasteiger partial charge in [-0.3, -0.25) is 9.10 Å². The first-order chi connectivity index (χ1) is 9.25. The van der Waals surface area contributed by atoms with Crippen LogP contribution in [0.15, 0.2) is 24.3 Å². The molecule has 0 aliphatic rings. The van der Waals surface area contributed by atoms with Gasteiger partial charge in [0.05, 0.1) is 11.9 Å². The van der Waals surface area contributed by atoms with Crippen LogP contribution in [-0.4, -0.2) is 40.3 Å². The molecule has 7 heteroatoms. The minimum Gasteiger partial charge on any atom is -0.481 e. The standard InChI is InChI=1S/C13H20N2O4S/c1-5-14-13(16)10(2)19-12-8-6-11(7-9-12)15(3)20(4,17)18/h6-10H,5H2,1-4H3,(H,14,16). The minimum atomic E-state index is -3.28. The molecule has 1 unspecified atom stereocenters. The topological polar surface area (TPSA) is 75.7 Å². The summed E-state index contributed by atoms with van der Waals surface area (Å²) in [6.45, 7) is 4.03. The van der Waals surface area contributed by atoms with Gasteiger partial charge in [0.1, 0.15) is 5.75 Å². The molecule has 0 fully saturated rings. The fourth-order valence-corrected chi connectivity index (χ4v) is 2.01. The summed E-state index contributed by atoms with van der Waals surface area (Å²) in [4.78, 5) is 11.5. The van der Waals surface area contributed by atoms with Gasteiger partial charge in [0.2, 0.25) is 10.0 Å². The lowest BCUT2D eigenvalue weighted by Crippen LogP contribution is -2.36. The predicted molar refractivity (Wildman–Crippen MR) is 78.5 cm³/mol. The van der Waals surface area contributed by atoms with E-state index in [-0.39, 0.29) is 5.91 Å². The third kappa shape index (κ3) is 4.41. The Bertz CT molecular complexity index is 554. The maximum absolute atomic E-state index is 11.5. The van der Waals surface area contributed by atoms with Crippen LogP contribution in [0.3, 0.4) is 0 Å². The third-order valence-electron chi connectivity index (χ3n) is 2.73. The maximum Gasteiger partial charge on any atom is 0.260 e. The van der Waals surface area contributed by atoms with E-state index in [2.05, 4.69) is 5.32 Å². The zero-order valence-electron chi connectivity index (χ0n) is 12.1. The number of rotatable bonds is 6. The van der Waals surface area contributed by atoms with Gasteiger partial charge in [0.25, 0.3) is 5.91 Å². The van der Waals surface area contributed by atoms with Gasteiger partial charge in [-0.1, -0.05) is 0 Å². The monoisotopic (exact) mass is 300 g/mol. The summed E-state index contributed by atoms with van der Waals surface area (Å²) in [5.74, 6) is 0.319. The number of nitrogens with one attached hydrogen (secondary N) is 1. The van der Waals surface area contributed by atoms with Crippen LogP contribution >= 0.6 is 0 Å². The Balaban J connectivity index is 2.75. The summed E-state index contributed by atoms with van der Waals surface area (Å²) in [6, 6.07) is 6.52. The van der Waals surface area contributed by atoms with Crippen molar-refractivity contribution in [3.8, 4) is 5.75 Å². The van der Waals surface area contributed by atoms with Crippen molar-refractivity contribution < 1.29 is 17.9 Å². The number of hydrogen-bond acceptors (Lipinski definition) is 4. The van der Waals surface area contributed by atoms with Crippen LogP contribution < -0.4 is 14.4 Å². The van der Waals surface area contributed by atoms with Gasteiger partial charge in [-0.15, -0.1) is 0 Å². The van der Waals surface area contributed by atoms with Crippen molar-refractivity contribution in [1.29, 1.82) is 0 Å². The molecule has 20 heavy (non-hydrogen) atoms. The van der Waals surface area contributed by atoms with Crippen molar-refractivity contribution in [3.63, 3.8) is 0 Å².